The smallest absolute Gasteiger partial charge is 0.176 e. The van der Waals surface area contributed by atoms with Crippen molar-refractivity contribution in [3.8, 4) is 0 Å². The number of benzene rings is 6. The molecule has 10 nitrogen and oxygen atoms in total. The molecule has 55 heavy (non-hydrogen) atoms. The minimum absolute atomic E-state index is 0.231. The first-order valence-electron chi connectivity index (χ1n) is 19.0. The molecule has 0 aromatic heterocycles. The van der Waals surface area contributed by atoms with E-state index in [2.05, 4.69) is 60.7 Å². The number of rotatable bonds is 12. The van der Waals surface area contributed by atoms with E-state index in [0.717, 1.165) is 49.0 Å². The molecular formula is C45H49N3O7. The van der Waals surface area contributed by atoms with Gasteiger partial charge < -0.3 is 51.1 Å². The van der Waals surface area contributed by atoms with Gasteiger partial charge >= 0.3 is 0 Å². The third-order valence-corrected chi connectivity index (χ3v) is 11.0. The summed E-state index contributed by atoms with van der Waals surface area (Å²) in [5.41, 5.74) is 22.9. The summed E-state index contributed by atoms with van der Waals surface area (Å²) < 4.78 is 32.2. The highest BCUT2D eigenvalue weighted by molar-refractivity contribution is 5.84. The molecule has 1 aliphatic carbocycles. The zero-order valence-electron chi connectivity index (χ0n) is 30.6. The SMILES string of the molecule is N[C@H]1[C@@H](O[C@H]2[C@H](O)[C@@H](OCc3ccc4ccccc4c3)[C@H](N)C[C@@H]2N)O[C@H](CO)[C@@H](OCc2ccc3ccccc3c2)[C@@H]1OCc1ccc2ccccc2c1. The number of hydrogen-bond donors (Lipinski definition) is 5. The summed E-state index contributed by atoms with van der Waals surface area (Å²) in [6, 6.07) is 40.8. The van der Waals surface area contributed by atoms with Gasteiger partial charge in [-0.1, -0.05) is 109 Å². The normalized spacial score (nSPS) is 28.5. The van der Waals surface area contributed by atoms with Crippen molar-refractivity contribution in [2.75, 3.05) is 6.61 Å². The number of ether oxygens (including phenoxy) is 5. The van der Waals surface area contributed by atoms with E-state index < -0.39 is 61.0 Å². The number of hydrogen-bond acceptors (Lipinski definition) is 10. The zero-order chi connectivity index (χ0) is 37.9. The minimum atomic E-state index is -1.18. The van der Waals surface area contributed by atoms with Crippen LogP contribution in [0, 0.1) is 0 Å². The molecule has 8 rings (SSSR count). The van der Waals surface area contributed by atoms with Crippen LogP contribution < -0.4 is 17.2 Å². The maximum absolute atomic E-state index is 11.7. The first kappa shape index (κ1) is 37.6. The van der Waals surface area contributed by atoms with Gasteiger partial charge in [0.2, 0.25) is 0 Å². The minimum Gasteiger partial charge on any atom is -0.394 e. The Kier molecular flexibility index (Phi) is 11.5. The van der Waals surface area contributed by atoms with Crippen LogP contribution in [0.5, 0.6) is 0 Å². The molecule has 0 bridgehead atoms. The predicted octanol–water partition coefficient (Wildman–Crippen LogP) is 5.05. The van der Waals surface area contributed by atoms with E-state index >= 15 is 0 Å². The van der Waals surface area contributed by atoms with Gasteiger partial charge in [-0.05, 0) is 73.6 Å². The van der Waals surface area contributed by atoms with Gasteiger partial charge in [0.1, 0.15) is 36.6 Å². The molecule has 10 atom stereocenters. The summed E-state index contributed by atoms with van der Waals surface area (Å²) in [6.45, 7) is 0.334. The van der Waals surface area contributed by atoms with Gasteiger partial charge in [-0.2, -0.15) is 0 Å². The van der Waals surface area contributed by atoms with E-state index in [1.165, 1.54) is 0 Å². The monoisotopic (exact) mass is 743 g/mol. The third kappa shape index (κ3) is 8.30. The van der Waals surface area contributed by atoms with Gasteiger partial charge in [-0.15, -0.1) is 0 Å². The highest BCUT2D eigenvalue weighted by Crippen LogP contribution is 2.32. The van der Waals surface area contributed by atoms with E-state index in [9.17, 15) is 10.2 Å². The van der Waals surface area contributed by atoms with Gasteiger partial charge in [0, 0.05) is 12.1 Å². The first-order chi connectivity index (χ1) is 26.8. The average molecular weight is 744 g/mol. The van der Waals surface area contributed by atoms with Crippen molar-refractivity contribution in [2.24, 2.45) is 17.2 Å². The maximum Gasteiger partial charge on any atom is 0.176 e. The second-order valence-corrected chi connectivity index (χ2v) is 14.8. The third-order valence-electron chi connectivity index (χ3n) is 11.0. The van der Waals surface area contributed by atoms with Gasteiger partial charge in [0.05, 0.1) is 32.5 Å². The van der Waals surface area contributed by atoms with Crippen LogP contribution >= 0.6 is 0 Å². The molecule has 1 aliphatic heterocycles. The molecule has 2 aliphatic rings. The predicted molar refractivity (Wildman–Crippen MR) is 213 cm³/mol. The van der Waals surface area contributed by atoms with Crippen molar-refractivity contribution >= 4 is 32.3 Å². The van der Waals surface area contributed by atoms with E-state index in [-0.39, 0.29) is 26.4 Å². The Morgan fingerprint density at radius 2 is 0.945 bits per heavy atom. The topological polar surface area (TPSA) is 165 Å². The van der Waals surface area contributed by atoms with Crippen LogP contribution in [-0.2, 0) is 43.5 Å². The molecular weight excluding hydrogens is 695 g/mol. The molecule has 0 amide bonds. The molecule has 10 heteroatoms. The summed E-state index contributed by atoms with van der Waals surface area (Å²) in [6.07, 6.45) is -5.98. The van der Waals surface area contributed by atoms with Crippen LogP contribution in [0.15, 0.2) is 127 Å². The van der Waals surface area contributed by atoms with Crippen molar-refractivity contribution in [1.29, 1.82) is 0 Å². The second kappa shape index (κ2) is 16.8. The molecule has 0 spiro atoms. The van der Waals surface area contributed by atoms with Gasteiger partial charge in [-0.25, -0.2) is 0 Å². The molecule has 8 N–H and O–H groups in total. The molecule has 1 heterocycles. The molecule has 0 radical (unpaired) electrons. The van der Waals surface area contributed by atoms with Crippen LogP contribution in [0.25, 0.3) is 32.3 Å². The lowest BCUT2D eigenvalue weighted by Gasteiger charge is -2.48. The standard InChI is InChI=1S/C45H49N3O7/c46-36-22-37(47)42(40(50)41(36)51-24-27-13-16-30-7-1-4-10-33(30)19-27)55-45-39(48)44(53-26-29-15-18-32-9-3-6-12-35(32)21-29)43(38(23-49)54-45)52-25-28-14-17-31-8-2-5-11-34(31)20-28/h1-21,36-45,49-50H,22-26,46-48H2/t36-,37+,38-,39-,40-,41+,42-,43-,44-,45-/m1/s1. The Hall–Kier alpha value is -4.30. The van der Waals surface area contributed by atoms with Crippen LogP contribution in [-0.4, -0.2) is 77.9 Å². The lowest BCUT2D eigenvalue weighted by molar-refractivity contribution is -0.307. The summed E-state index contributed by atoms with van der Waals surface area (Å²) in [5.74, 6) is 0. The van der Waals surface area contributed by atoms with Crippen LogP contribution in [0.3, 0.4) is 0 Å². The lowest BCUT2D eigenvalue weighted by Crippen LogP contribution is -2.68. The second-order valence-electron chi connectivity index (χ2n) is 14.8. The lowest BCUT2D eigenvalue weighted by atomic mass is 9.84. The van der Waals surface area contributed by atoms with Gasteiger partial charge in [-0.3, -0.25) is 0 Å². The van der Waals surface area contributed by atoms with E-state index in [0.29, 0.717) is 6.42 Å². The molecule has 6 aromatic carbocycles. The average Bonchev–Trinajstić information content (AvgIpc) is 3.21. The number of aliphatic hydroxyl groups is 2. The highest BCUT2D eigenvalue weighted by Gasteiger charge is 2.50. The maximum atomic E-state index is 11.7. The number of fused-ring (bicyclic) bond motifs is 3. The Morgan fingerprint density at radius 3 is 1.42 bits per heavy atom. The van der Waals surface area contributed by atoms with Crippen molar-refractivity contribution < 1.29 is 33.9 Å². The molecule has 286 valence electrons. The van der Waals surface area contributed by atoms with Crippen molar-refractivity contribution in [3.63, 3.8) is 0 Å². The van der Waals surface area contributed by atoms with E-state index in [1.54, 1.807) is 0 Å². The Bertz CT molecular complexity index is 2220. The molecule has 0 unspecified atom stereocenters. The first-order valence-corrected chi connectivity index (χ1v) is 19.0. The summed E-state index contributed by atoms with van der Waals surface area (Å²) >= 11 is 0. The van der Waals surface area contributed by atoms with Crippen LogP contribution in [0.1, 0.15) is 23.1 Å². The Labute approximate surface area is 320 Å². The fourth-order valence-corrected chi connectivity index (χ4v) is 8.00. The fourth-order valence-electron chi connectivity index (χ4n) is 8.00. The summed E-state index contributed by atoms with van der Waals surface area (Å²) in [5, 5.41) is 29.0. The molecule has 1 saturated heterocycles. The fraction of sp³-hybridized carbons (Fsp3) is 0.333. The van der Waals surface area contributed by atoms with E-state index in [1.807, 2.05) is 66.7 Å². The number of aliphatic hydroxyl groups excluding tert-OH is 2. The molecule has 2 fully saturated rings. The van der Waals surface area contributed by atoms with Crippen LogP contribution in [0.4, 0.5) is 0 Å². The summed E-state index contributed by atoms with van der Waals surface area (Å²) in [7, 11) is 0. The van der Waals surface area contributed by atoms with Crippen molar-refractivity contribution in [2.45, 2.75) is 87.3 Å². The molecule has 1 saturated carbocycles. The largest absolute Gasteiger partial charge is 0.394 e. The Balaban J connectivity index is 1.00. The number of nitrogens with two attached hydrogens (primary N) is 3. The summed E-state index contributed by atoms with van der Waals surface area (Å²) in [4.78, 5) is 0. The van der Waals surface area contributed by atoms with Crippen molar-refractivity contribution in [1.82, 2.24) is 0 Å². The molecule has 6 aromatic rings. The van der Waals surface area contributed by atoms with Gasteiger partial charge in [0.15, 0.2) is 6.29 Å². The van der Waals surface area contributed by atoms with E-state index in [4.69, 9.17) is 40.9 Å². The Morgan fingerprint density at radius 1 is 0.527 bits per heavy atom. The van der Waals surface area contributed by atoms with Crippen LogP contribution in [0.2, 0.25) is 0 Å². The zero-order valence-corrected chi connectivity index (χ0v) is 30.6. The quantitative estimate of drug-likeness (QED) is 0.115. The van der Waals surface area contributed by atoms with Gasteiger partial charge in [0.25, 0.3) is 0 Å². The van der Waals surface area contributed by atoms with Crippen molar-refractivity contribution in [3.05, 3.63) is 144 Å². The highest BCUT2D eigenvalue weighted by atomic mass is 16.7.